The molecule has 0 aliphatic carbocycles. The molecule has 32 heavy (non-hydrogen) atoms. The highest BCUT2D eigenvalue weighted by molar-refractivity contribution is 7.18. The molecule has 5 rings (SSSR count). The molecule has 3 aromatic heterocycles. The standard InChI is InChI=1S/C25H21ClN4OS/c1-14-16(3)32-24-21(14)23(27-13-28-24)29-15(2)20-12-17-8-7-11-19(26)22(17)25(31)30(20)18-9-5-4-6-10-18/h4-13,15H,1-3H3,(H,27,28,29). The van der Waals surface area contributed by atoms with Crippen LogP contribution < -0.4 is 10.9 Å². The van der Waals surface area contributed by atoms with Gasteiger partial charge in [0.15, 0.2) is 0 Å². The van der Waals surface area contributed by atoms with E-state index in [4.69, 9.17) is 11.6 Å². The lowest BCUT2D eigenvalue weighted by Gasteiger charge is -2.22. The molecule has 3 heterocycles. The van der Waals surface area contributed by atoms with E-state index in [1.807, 2.05) is 55.5 Å². The van der Waals surface area contributed by atoms with Gasteiger partial charge in [0.1, 0.15) is 17.0 Å². The Balaban J connectivity index is 1.71. The molecular weight excluding hydrogens is 440 g/mol. The van der Waals surface area contributed by atoms with Crippen LogP contribution in [0.3, 0.4) is 0 Å². The first-order chi connectivity index (χ1) is 15.5. The van der Waals surface area contributed by atoms with E-state index in [1.165, 1.54) is 10.4 Å². The molecule has 5 aromatic rings. The molecule has 0 radical (unpaired) electrons. The van der Waals surface area contributed by atoms with Crippen molar-refractivity contribution >= 4 is 49.7 Å². The zero-order valence-corrected chi connectivity index (χ0v) is 19.5. The lowest BCUT2D eigenvalue weighted by atomic mass is 10.1. The normalized spacial score (nSPS) is 12.4. The number of thiophene rings is 1. The number of hydrogen-bond acceptors (Lipinski definition) is 5. The molecule has 5 nitrogen and oxygen atoms in total. The zero-order valence-electron chi connectivity index (χ0n) is 17.9. The SMILES string of the molecule is Cc1sc2ncnc(NC(C)c3cc4cccc(Cl)c4c(=O)n3-c3ccccc3)c2c1C. The van der Waals surface area contributed by atoms with E-state index in [0.29, 0.717) is 10.4 Å². The topological polar surface area (TPSA) is 59.8 Å². The van der Waals surface area contributed by atoms with Crippen LogP contribution >= 0.6 is 22.9 Å². The third kappa shape index (κ3) is 3.36. The summed E-state index contributed by atoms with van der Waals surface area (Å²) in [6, 6.07) is 17.0. The summed E-state index contributed by atoms with van der Waals surface area (Å²) in [5.74, 6) is 0.766. The molecule has 0 saturated carbocycles. The average Bonchev–Trinajstić information content (AvgIpc) is 3.08. The first kappa shape index (κ1) is 20.7. The van der Waals surface area contributed by atoms with Gasteiger partial charge in [-0.15, -0.1) is 11.3 Å². The number of aryl methyl sites for hydroxylation is 2. The maximum Gasteiger partial charge on any atom is 0.264 e. The largest absolute Gasteiger partial charge is 0.361 e. The second kappa shape index (κ2) is 8.04. The van der Waals surface area contributed by atoms with Crippen molar-refractivity contribution < 1.29 is 0 Å². The molecule has 1 atom stereocenters. The monoisotopic (exact) mass is 460 g/mol. The van der Waals surface area contributed by atoms with E-state index in [9.17, 15) is 4.79 Å². The Hall–Kier alpha value is -3.22. The highest BCUT2D eigenvalue weighted by atomic mass is 35.5. The second-order valence-corrected chi connectivity index (χ2v) is 9.41. The Kier molecular flexibility index (Phi) is 5.19. The lowest BCUT2D eigenvalue weighted by molar-refractivity contribution is 0.774. The molecular formula is C25H21ClN4OS. The summed E-state index contributed by atoms with van der Waals surface area (Å²) in [5, 5.41) is 6.34. The molecule has 0 aliphatic rings. The number of halogens is 1. The fourth-order valence-electron chi connectivity index (χ4n) is 4.07. The van der Waals surface area contributed by atoms with E-state index < -0.39 is 0 Å². The molecule has 1 N–H and O–H groups in total. The van der Waals surface area contributed by atoms with Gasteiger partial charge in [0, 0.05) is 16.3 Å². The van der Waals surface area contributed by atoms with Crippen LogP contribution in [-0.4, -0.2) is 14.5 Å². The van der Waals surface area contributed by atoms with Crippen LogP contribution in [0.4, 0.5) is 5.82 Å². The number of para-hydroxylation sites is 1. The van der Waals surface area contributed by atoms with E-state index in [-0.39, 0.29) is 11.6 Å². The van der Waals surface area contributed by atoms with Crippen LogP contribution in [0.1, 0.15) is 29.1 Å². The molecule has 1 unspecified atom stereocenters. The van der Waals surface area contributed by atoms with E-state index in [2.05, 4.69) is 29.1 Å². The molecule has 7 heteroatoms. The number of rotatable bonds is 4. The molecule has 0 bridgehead atoms. The van der Waals surface area contributed by atoms with Crippen molar-refractivity contribution in [2.45, 2.75) is 26.8 Å². The zero-order chi connectivity index (χ0) is 22.4. The van der Waals surface area contributed by atoms with Gasteiger partial charge >= 0.3 is 0 Å². The molecule has 0 spiro atoms. The van der Waals surface area contributed by atoms with E-state index >= 15 is 0 Å². The molecule has 0 saturated heterocycles. The Morgan fingerprint density at radius 3 is 2.59 bits per heavy atom. The minimum atomic E-state index is -0.205. The quantitative estimate of drug-likeness (QED) is 0.335. The van der Waals surface area contributed by atoms with Gasteiger partial charge in [-0.3, -0.25) is 9.36 Å². The number of benzene rings is 2. The Morgan fingerprint density at radius 2 is 1.81 bits per heavy atom. The van der Waals surface area contributed by atoms with Crippen LogP contribution in [0.2, 0.25) is 5.02 Å². The maximum absolute atomic E-state index is 13.6. The number of anilines is 1. The predicted octanol–water partition coefficient (Wildman–Crippen LogP) is 6.44. The van der Waals surface area contributed by atoms with Crippen molar-refractivity contribution in [3.63, 3.8) is 0 Å². The second-order valence-electron chi connectivity index (χ2n) is 7.80. The number of nitrogens with zero attached hydrogens (tertiary/aromatic N) is 3. The fraction of sp³-hybridized carbons (Fsp3) is 0.160. The number of pyridine rings is 1. The van der Waals surface area contributed by atoms with Crippen molar-refractivity contribution in [3.05, 3.63) is 92.4 Å². The van der Waals surface area contributed by atoms with E-state index in [0.717, 1.165) is 32.8 Å². The first-order valence-electron chi connectivity index (χ1n) is 10.3. The molecule has 0 fully saturated rings. The Bertz CT molecular complexity index is 1520. The lowest BCUT2D eigenvalue weighted by Crippen LogP contribution is -2.25. The minimum absolute atomic E-state index is 0.140. The smallest absolute Gasteiger partial charge is 0.264 e. The molecule has 0 aliphatic heterocycles. The van der Waals surface area contributed by atoms with Gasteiger partial charge in [-0.1, -0.05) is 41.9 Å². The van der Waals surface area contributed by atoms with Gasteiger partial charge in [0.25, 0.3) is 5.56 Å². The Labute approximate surface area is 194 Å². The average molecular weight is 461 g/mol. The van der Waals surface area contributed by atoms with Crippen LogP contribution in [-0.2, 0) is 0 Å². The summed E-state index contributed by atoms with van der Waals surface area (Å²) >= 11 is 8.08. The molecule has 2 aromatic carbocycles. The van der Waals surface area contributed by atoms with Crippen molar-refractivity contribution in [3.8, 4) is 5.69 Å². The van der Waals surface area contributed by atoms with E-state index in [1.54, 1.807) is 28.3 Å². The number of hydrogen-bond donors (Lipinski definition) is 1. The van der Waals surface area contributed by atoms with Crippen LogP contribution in [0.15, 0.2) is 65.7 Å². The third-order valence-corrected chi connectivity index (χ3v) is 7.23. The summed E-state index contributed by atoms with van der Waals surface area (Å²) in [5.41, 5.74) is 2.65. The van der Waals surface area contributed by atoms with Crippen molar-refractivity contribution in [1.82, 2.24) is 14.5 Å². The van der Waals surface area contributed by atoms with Gasteiger partial charge in [-0.2, -0.15) is 0 Å². The van der Waals surface area contributed by atoms with Gasteiger partial charge < -0.3 is 5.32 Å². The first-order valence-corrected chi connectivity index (χ1v) is 11.5. The molecule has 0 amide bonds. The number of aromatic nitrogens is 3. The summed E-state index contributed by atoms with van der Waals surface area (Å²) < 4.78 is 1.73. The number of fused-ring (bicyclic) bond motifs is 2. The van der Waals surface area contributed by atoms with Crippen LogP contribution in [0.5, 0.6) is 0 Å². The fourth-order valence-corrected chi connectivity index (χ4v) is 5.33. The summed E-state index contributed by atoms with van der Waals surface area (Å²) in [7, 11) is 0. The van der Waals surface area contributed by atoms with Gasteiger partial charge in [0.05, 0.1) is 21.8 Å². The molecule has 160 valence electrons. The van der Waals surface area contributed by atoms with Crippen LogP contribution in [0, 0.1) is 13.8 Å². The summed E-state index contributed by atoms with van der Waals surface area (Å²) in [4.78, 5) is 24.8. The predicted molar refractivity (Wildman–Crippen MR) is 133 cm³/mol. The Morgan fingerprint density at radius 1 is 1.03 bits per heavy atom. The van der Waals surface area contributed by atoms with Gasteiger partial charge in [-0.25, -0.2) is 9.97 Å². The van der Waals surface area contributed by atoms with Crippen molar-refractivity contribution in [2.75, 3.05) is 5.32 Å². The number of nitrogens with one attached hydrogen (secondary N) is 1. The third-order valence-electron chi connectivity index (χ3n) is 5.80. The van der Waals surface area contributed by atoms with Gasteiger partial charge in [-0.05, 0) is 56.0 Å². The highest BCUT2D eigenvalue weighted by Crippen LogP contribution is 2.34. The minimum Gasteiger partial charge on any atom is -0.361 e. The summed E-state index contributed by atoms with van der Waals surface area (Å²) in [6.07, 6.45) is 1.58. The van der Waals surface area contributed by atoms with Crippen molar-refractivity contribution in [2.24, 2.45) is 0 Å². The van der Waals surface area contributed by atoms with Crippen molar-refractivity contribution in [1.29, 1.82) is 0 Å². The van der Waals surface area contributed by atoms with Crippen LogP contribution in [0.25, 0.3) is 26.7 Å². The summed E-state index contributed by atoms with van der Waals surface area (Å²) in [6.45, 7) is 6.22. The van der Waals surface area contributed by atoms with Gasteiger partial charge in [0.2, 0.25) is 0 Å². The maximum atomic E-state index is 13.6. The highest BCUT2D eigenvalue weighted by Gasteiger charge is 2.20.